The van der Waals surface area contributed by atoms with Crippen molar-refractivity contribution < 1.29 is 18.3 Å². The molecule has 0 bridgehead atoms. The summed E-state index contributed by atoms with van der Waals surface area (Å²) in [7, 11) is -0.345. The van der Waals surface area contributed by atoms with Crippen molar-refractivity contribution in [3.8, 4) is 11.3 Å². The number of hydrogen-bond acceptors (Lipinski definition) is 5. The highest BCUT2D eigenvalue weighted by molar-refractivity contribution is 7.86. The van der Waals surface area contributed by atoms with E-state index in [0.29, 0.717) is 30.8 Å². The maximum absolute atomic E-state index is 12.2. The van der Waals surface area contributed by atoms with Gasteiger partial charge in [-0.15, -0.1) is 0 Å². The van der Waals surface area contributed by atoms with Gasteiger partial charge in [0.25, 0.3) is 10.2 Å². The monoisotopic (exact) mass is 390 g/mol. The number of carboxylic acids is 1. The van der Waals surface area contributed by atoms with E-state index in [1.807, 2.05) is 0 Å². The summed E-state index contributed by atoms with van der Waals surface area (Å²) in [6.45, 7) is 0.941. The van der Waals surface area contributed by atoms with Crippen molar-refractivity contribution in [2.24, 2.45) is 5.92 Å². The molecule has 0 saturated carbocycles. The van der Waals surface area contributed by atoms with Crippen LogP contribution in [0.15, 0.2) is 36.7 Å². The van der Waals surface area contributed by atoms with Crippen molar-refractivity contribution in [2.75, 3.05) is 27.2 Å². The summed E-state index contributed by atoms with van der Waals surface area (Å²) in [5, 5.41) is 9.37. The Morgan fingerprint density at radius 2 is 2.04 bits per heavy atom. The average Bonchev–Trinajstić information content (AvgIpc) is 3.11. The molecule has 1 N–H and O–H groups in total. The van der Waals surface area contributed by atoms with Gasteiger partial charge in [-0.3, -0.25) is 0 Å². The standard InChI is InChI=1S/C18H22N4O4S/c1-21(2)27(25,26)22-8-7-13(11-22)9-14-10-17(20-12-19-14)15-5-3-4-6-16(15)18(23)24/h3-6,10,12-13H,7-9,11H2,1-2H3,(H,23,24). The Kier molecular flexibility index (Phi) is 5.54. The molecule has 1 aromatic carbocycles. The summed E-state index contributed by atoms with van der Waals surface area (Å²) in [6, 6.07) is 8.49. The number of hydrogen-bond donors (Lipinski definition) is 1. The van der Waals surface area contributed by atoms with Crippen molar-refractivity contribution in [3.05, 3.63) is 47.9 Å². The third-order valence-corrected chi connectivity index (χ3v) is 6.60. The van der Waals surface area contributed by atoms with Gasteiger partial charge < -0.3 is 5.11 Å². The quantitative estimate of drug-likeness (QED) is 0.802. The first-order valence-electron chi connectivity index (χ1n) is 8.60. The zero-order valence-corrected chi connectivity index (χ0v) is 16.1. The number of carboxylic acid groups (broad SMARTS) is 1. The second kappa shape index (κ2) is 7.71. The molecule has 0 spiro atoms. The molecule has 1 unspecified atom stereocenters. The van der Waals surface area contributed by atoms with Crippen LogP contribution in [0.5, 0.6) is 0 Å². The van der Waals surface area contributed by atoms with Crippen molar-refractivity contribution in [2.45, 2.75) is 12.8 Å². The van der Waals surface area contributed by atoms with E-state index in [0.717, 1.165) is 12.1 Å². The first-order valence-corrected chi connectivity index (χ1v) is 10.00. The zero-order valence-electron chi connectivity index (χ0n) is 15.2. The van der Waals surface area contributed by atoms with Crippen LogP contribution in [0.25, 0.3) is 11.3 Å². The molecule has 144 valence electrons. The second-order valence-corrected chi connectivity index (χ2v) is 8.89. The summed E-state index contributed by atoms with van der Waals surface area (Å²) in [6.07, 6.45) is 2.80. The van der Waals surface area contributed by atoms with Crippen LogP contribution in [0.2, 0.25) is 0 Å². The second-order valence-electron chi connectivity index (χ2n) is 6.75. The van der Waals surface area contributed by atoms with Gasteiger partial charge >= 0.3 is 5.97 Å². The molecule has 9 heteroatoms. The summed E-state index contributed by atoms with van der Waals surface area (Å²) in [5.41, 5.74) is 2.05. The molecule has 0 aliphatic carbocycles. The molecule has 1 aromatic heterocycles. The lowest BCUT2D eigenvalue weighted by molar-refractivity contribution is 0.0697. The van der Waals surface area contributed by atoms with Crippen molar-refractivity contribution in [1.29, 1.82) is 0 Å². The Hall–Kier alpha value is -2.36. The van der Waals surface area contributed by atoms with Crippen LogP contribution in [0.1, 0.15) is 22.5 Å². The third-order valence-electron chi connectivity index (χ3n) is 4.69. The molecule has 1 saturated heterocycles. The van der Waals surface area contributed by atoms with Crippen LogP contribution in [-0.4, -0.2) is 65.3 Å². The van der Waals surface area contributed by atoms with E-state index in [2.05, 4.69) is 9.97 Å². The summed E-state index contributed by atoms with van der Waals surface area (Å²) < 4.78 is 27.2. The molecule has 0 amide bonds. The van der Waals surface area contributed by atoms with Crippen molar-refractivity contribution in [3.63, 3.8) is 0 Å². The molecule has 1 aliphatic rings. The van der Waals surface area contributed by atoms with E-state index in [1.54, 1.807) is 30.3 Å². The number of aromatic carboxylic acids is 1. The maximum Gasteiger partial charge on any atom is 0.336 e. The number of rotatable bonds is 6. The van der Waals surface area contributed by atoms with Crippen LogP contribution in [-0.2, 0) is 16.6 Å². The molecule has 2 aromatic rings. The Morgan fingerprint density at radius 3 is 2.74 bits per heavy atom. The maximum atomic E-state index is 12.2. The van der Waals surface area contributed by atoms with E-state index < -0.39 is 16.2 Å². The lowest BCUT2D eigenvalue weighted by atomic mass is 10.00. The molecule has 0 radical (unpaired) electrons. The van der Waals surface area contributed by atoms with Gasteiger partial charge in [0, 0.05) is 38.4 Å². The number of nitrogens with zero attached hydrogens (tertiary/aromatic N) is 4. The van der Waals surface area contributed by atoms with E-state index in [9.17, 15) is 18.3 Å². The third kappa shape index (κ3) is 4.15. The van der Waals surface area contributed by atoms with Crippen LogP contribution in [0.4, 0.5) is 0 Å². The normalized spacial score (nSPS) is 18.1. The van der Waals surface area contributed by atoms with E-state index in [1.165, 1.54) is 29.0 Å². The van der Waals surface area contributed by atoms with Crippen molar-refractivity contribution in [1.82, 2.24) is 18.6 Å². The largest absolute Gasteiger partial charge is 0.478 e. The average molecular weight is 390 g/mol. The molecule has 8 nitrogen and oxygen atoms in total. The first-order chi connectivity index (χ1) is 12.8. The number of carbonyl (C=O) groups is 1. The fourth-order valence-corrected chi connectivity index (χ4v) is 4.45. The highest BCUT2D eigenvalue weighted by atomic mass is 32.2. The SMILES string of the molecule is CN(C)S(=O)(=O)N1CCC(Cc2cc(-c3ccccc3C(=O)O)ncn2)C1. The lowest BCUT2D eigenvalue weighted by Gasteiger charge is -2.20. The fourth-order valence-electron chi connectivity index (χ4n) is 3.25. The van der Waals surface area contributed by atoms with Crippen molar-refractivity contribution >= 4 is 16.2 Å². The molecule has 3 rings (SSSR count). The molecule has 27 heavy (non-hydrogen) atoms. The topological polar surface area (TPSA) is 104 Å². The van der Waals surface area contributed by atoms with Gasteiger partial charge in [-0.25, -0.2) is 14.8 Å². The Bertz CT molecular complexity index is 946. The minimum Gasteiger partial charge on any atom is -0.478 e. The smallest absolute Gasteiger partial charge is 0.336 e. The highest BCUT2D eigenvalue weighted by Crippen LogP contribution is 2.26. The van der Waals surface area contributed by atoms with E-state index >= 15 is 0 Å². The van der Waals surface area contributed by atoms with Gasteiger partial charge in [0.15, 0.2) is 0 Å². The molecular formula is C18H22N4O4S. The van der Waals surface area contributed by atoms with Gasteiger partial charge in [0.2, 0.25) is 0 Å². The van der Waals surface area contributed by atoms with E-state index in [4.69, 9.17) is 0 Å². The minimum absolute atomic E-state index is 0.164. The Labute approximate surface area is 158 Å². The molecular weight excluding hydrogens is 368 g/mol. The fraction of sp³-hybridized carbons (Fsp3) is 0.389. The number of aromatic nitrogens is 2. The lowest BCUT2D eigenvalue weighted by Crippen LogP contribution is -2.38. The molecule has 1 fully saturated rings. The number of benzene rings is 1. The minimum atomic E-state index is -3.40. The molecule has 1 aliphatic heterocycles. The zero-order chi connectivity index (χ0) is 19.6. The highest BCUT2D eigenvalue weighted by Gasteiger charge is 2.32. The van der Waals surface area contributed by atoms with Crippen LogP contribution in [0.3, 0.4) is 0 Å². The predicted octanol–water partition coefficient (Wildman–Crippen LogP) is 1.51. The van der Waals surface area contributed by atoms with Crippen LogP contribution in [0, 0.1) is 5.92 Å². The van der Waals surface area contributed by atoms with Crippen LogP contribution >= 0.6 is 0 Å². The summed E-state index contributed by atoms with van der Waals surface area (Å²) >= 11 is 0. The Balaban J connectivity index is 1.78. The Morgan fingerprint density at radius 1 is 1.30 bits per heavy atom. The predicted molar refractivity (Wildman–Crippen MR) is 100 cm³/mol. The summed E-state index contributed by atoms with van der Waals surface area (Å²) in [5.74, 6) is -0.844. The first kappa shape index (κ1) is 19.4. The van der Waals surface area contributed by atoms with Gasteiger partial charge in [-0.05, 0) is 30.9 Å². The van der Waals surface area contributed by atoms with Gasteiger partial charge in [-0.1, -0.05) is 18.2 Å². The van der Waals surface area contributed by atoms with Gasteiger partial charge in [-0.2, -0.15) is 17.0 Å². The van der Waals surface area contributed by atoms with Gasteiger partial charge in [0.1, 0.15) is 6.33 Å². The van der Waals surface area contributed by atoms with Crippen LogP contribution < -0.4 is 0 Å². The van der Waals surface area contributed by atoms with Gasteiger partial charge in [0.05, 0.1) is 11.3 Å². The van der Waals surface area contributed by atoms with E-state index in [-0.39, 0.29) is 11.5 Å². The molecule has 2 heterocycles. The molecule has 1 atom stereocenters. The summed E-state index contributed by atoms with van der Waals surface area (Å²) in [4.78, 5) is 19.9.